The zero-order chi connectivity index (χ0) is 19.6. The maximum Gasteiger partial charge on any atom is 0.161 e. The Kier molecular flexibility index (Phi) is 8.64. The first-order valence-electron chi connectivity index (χ1n) is 9.23. The van der Waals surface area contributed by atoms with Crippen molar-refractivity contribution in [2.75, 3.05) is 34.0 Å². The van der Waals surface area contributed by atoms with Gasteiger partial charge in [0.05, 0.1) is 39.7 Å². The molecular formula is C21H31NO5. The summed E-state index contributed by atoms with van der Waals surface area (Å²) in [7, 11) is 3.24. The van der Waals surface area contributed by atoms with Crippen LogP contribution in [0.1, 0.15) is 25.2 Å². The molecule has 0 amide bonds. The molecule has 6 heteroatoms. The van der Waals surface area contributed by atoms with Gasteiger partial charge in [-0.25, -0.2) is 0 Å². The number of hydrogen-bond donors (Lipinski definition) is 1. The van der Waals surface area contributed by atoms with Crippen LogP contribution in [0.3, 0.4) is 0 Å². The van der Waals surface area contributed by atoms with Crippen molar-refractivity contribution >= 4 is 0 Å². The van der Waals surface area contributed by atoms with E-state index in [1.807, 2.05) is 30.3 Å². The van der Waals surface area contributed by atoms with E-state index in [9.17, 15) is 5.11 Å². The first-order valence-corrected chi connectivity index (χ1v) is 9.23. The number of benzene rings is 1. The summed E-state index contributed by atoms with van der Waals surface area (Å²) in [6.45, 7) is 6.86. The monoisotopic (exact) mass is 377 g/mol. The number of furan rings is 1. The van der Waals surface area contributed by atoms with Gasteiger partial charge in [0, 0.05) is 19.7 Å². The lowest BCUT2D eigenvalue weighted by molar-refractivity contribution is 0.00459. The Hall–Kier alpha value is -2.02. The largest absolute Gasteiger partial charge is 0.493 e. The molecule has 0 bridgehead atoms. The van der Waals surface area contributed by atoms with Crippen molar-refractivity contribution in [2.24, 2.45) is 5.92 Å². The highest BCUT2D eigenvalue weighted by molar-refractivity contribution is 5.42. The van der Waals surface area contributed by atoms with Crippen molar-refractivity contribution in [3.63, 3.8) is 0 Å². The predicted molar refractivity (Wildman–Crippen MR) is 104 cm³/mol. The van der Waals surface area contributed by atoms with Gasteiger partial charge in [0.2, 0.25) is 0 Å². The molecule has 0 aliphatic heterocycles. The van der Waals surface area contributed by atoms with Crippen LogP contribution in [0, 0.1) is 5.92 Å². The molecule has 1 atom stereocenters. The zero-order valence-electron chi connectivity index (χ0n) is 16.7. The fourth-order valence-corrected chi connectivity index (χ4v) is 2.84. The van der Waals surface area contributed by atoms with E-state index in [-0.39, 0.29) is 0 Å². The molecule has 0 fully saturated rings. The first kappa shape index (κ1) is 21.3. The molecule has 0 unspecified atom stereocenters. The van der Waals surface area contributed by atoms with Crippen LogP contribution in [0.15, 0.2) is 41.0 Å². The van der Waals surface area contributed by atoms with Crippen LogP contribution >= 0.6 is 0 Å². The Morgan fingerprint density at radius 1 is 1.04 bits per heavy atom. The highest BCUT2D eigenvalue weighted by atomic mass is 16.5. The Morgan fingerprint density at radius 3 is 2.44 bits per heavy atom. The summed E-state index contributed by atoms with van der Waals surface area (Å²) in [5.41, 5.74) is 1.06. The van der Waals surface area contributed by atoms with Crippen molar-refractivity contribution in [1.29, 1.82) is 0 Å². The van der Waals surface area contributed by atoms with Crippen LogP contribution in [0.5, 0.6) is 11.5 Å². The van der Waals surface area contributed by atoms with Gasteiger partial charge in [-0.2, -0.15) is 0 Å². The SMILES string of the molecule is COc1ccc(CN(Cc2ccco2)C[C@H](O)COCC(C)C)cc1OC. The van der Waals surface area contributed by atoms with Crippen molar-refractivity contribution in [3.8, 4) is 11.5 Å². The molecule has 0 saturated carbocycles. The van der Waals surface area contributed by atoms with E-state index in [4.69, 9.17) is 18.6 Å². The first-order chi connectivity index (χ1) is 13.0. The van der Waals surface area contributed by atoms with Crippen LogP contribution in [0.25, 0.3) is 0 Å². The Labute approximate surface area is 161 Å². The lowest BCUT2D eigenvalue weighted by Gasteiger charge is -2.25. The summed E-state index contributed by atoms with van der Waals surface area (Å²) in [6, 6.07) is 9.64. The van der Waals surface area contributed by atoms with E-state index in [0.29, 0.717) is 50.3 Å². The van der Waals surface area contributed by atoms with Gasteiger partial charge in [-0.05, 0) is 35.7 Å². The molecule has 2 aromatic rings. The Bertz CT molecular complexity index is 657. The van der Waals surface area contributed by atoms with E-state index >= 15 is 0 Å². The van der Waals surface area contributed by atoms with E-state index in [2.05, 4.69) is 18.7 Å². The van der Waals surface area contributed by atoms with Gasteiger partial charge in [0.1, 0.15) is 5.76 Å². The molecule has 27 heavy (non-hydrogen) atoms. The number of nitrogens with zero attached hydrogens (tertiary/aromatic N) is 1. The number of ether oxygens (including phenoxy) is 3. The lowest BCUT2D eigenvalue weighted by Crippen LogP contribution is -2.34. The minimum atomic E-state index is -0.571. The molecular weight excluding hydrogens is 346 g/mol. The van der Waals surface area contributed by atoms with Gasteiger partial charge in [0.15, 0.2) is 11.5 Å². The van der Waals surface area contributed by atoms with Gasteiger partial charge in [-0.3, -0.25) is 4.90 Å². The van der Waals surface area contributed by atoms with Crippen molar-refractivity contribution < 1.29 is 23.7 Å². The second-order valence-electron chi connectivity index (χ2n) is 7.02. The minimum absolute atomic E-state index is 0.318. The molecule has 1 N–H and O–H groups in total. The van der Waals surface area contributed by atoms with Gasteiger partial charge in [-0.15, -0.1) is 0 Å². The summed E-state index contributed by atoms with van der Waals surface area (Å²) in [4.78, 5) is 2.13. The van der Waals surface area contributed by atoms with Gasteiger partial charge >= 0.3 is 0 Å². The molecule has 1 aromatic carbocycles. The Balaban J connectivity index is 2.03. The number of rotatable bonds is 12. The summed E-state index contributed by atoms with van der Waals surface area (Å²) in [5.74, 6) is 2.68. The summed E-state index contributed by atoms with van der Waals surface area (Å²) >= 11 is 0. The summed E-state index contributed by atoms with van der Waals surface area (Å²) < 4.78 is 21.7. The Morgan fingerprint density at radius 2 is 1.81 bits per heavy atom. The lowest BCUT2D eigenvalue weighted by atomic mass is 10.1. The molecule has 0 saturated heterocycles. The fourth-order valence-electron chi connectivity index (χ4n) is 2.84. The minimum Gasteiger partial charge on any atom is -0.493 e. The number of methoxy groups -OCH3 is 2. The van der Waals surface area contributed by atoms with Crippen LogP contribution in [0.4, 0.5) is 0 Å². The highest BCUT2D eigenvalue weighted by Crippen LogP contribution is 2.28. The maximum absolute atomic E-state index is 10.4. The second kappa shape index (κ2) is 11.0. The van der Waals surface area contributed by atoms with E-state index < -0.39 is 6.10 Å². The van der Waals surface area contributed by atoms with Crippen LogP contribution < -0.4 is 9.47 Å². The standard InChI is InChI=1S/C21H31NO5/c1-16(2)14-26-15-18(23)12-22(13-19-6-5-9-27-19)11-17-7-8-20(24-3)21(10-17)25-4/h5-10,16,18,23H,11-15H2,1-4H3/t18-/m0/s1. The van der Waals surface area contributed by atoms with Crippen LogP contribution in [0.2, 0.25) is 0 Å². The van der Waals surface area contributed by atoms with Crippen LogP contribution in [-0.4, -0.2) is 50.1 Å². The third-order valence-electron chi connectivity index (χ3n) is 4.04. The highest BCUT2D eigenvalue weighted by Gasteiger charge is 2.16. The molecule has 6 nitrogen and oxygen atoms in total. The average Bonchev–Trinajstić information content (AvgIpc) is 3.14. The third-order valence-corrected chi connectivity index (χ3v) is 4.04. The van der Waals surface area contributed by atoms with Crippen molar-refractivity contribution in [2.45, 2.75) is 33.0 Å². The van der Waals surface area contributed by atoms with Crippen molar-refractivity contribution in [1.82, 2.24) is 4.90 Å². The van der Waals surface area contributed by atoms with E-state index in [1.54, 1.807) is 20.5 Å². The molecule has 2 rings (SSSR count). The molecule has 150 valence electrons. The number of aliphatic hydroxyl groups is 1. The van der Waals surface area contributed by atoms with E-state index in [1.165, 1.54) is 0 Å². The van der Waals surface area contributed by atoms with Gasteiger partial charge < -0.3 is 23.7 Å². The quantitative estimate of drug-likeness (QED) is 0.612. The van der Waals surface area contributed by atoms with Crippen molar-refractivity contribution in [3.05, 3.63) is 47.9 Å². The third kappa shape index (κ3) is 7.25. The zero-order valence-corrected chi connectivity index (χ0v) is 16.7. The summed E-state index contributed by atoms with van der Waals surface area (Å²) in [6.07, 6.45) is 1.09. The molecule has 0 radical (unpaired) electrons. The molecule has 1 aromatic heterocycles. The predicted octanol–water partition coefficient (Wildman–Crippen LogP) is 3.33. The maximum atomic E-state index is 10.4. The van der Waals surface area contributed by atoms with Gasteiger partial charge in [-0.1, -0.05) is 19.9 Å². The fraction of sp³-hybridized carbons (Fsp3) is 0.524. The second-order valence-corrected chi connectivity index (χ2v) is 7.02. The topological polar surface area (TPSA) is 64.3 Å². The molecule has 1 heterocycles. The number of aliphatic hydroxyl groups excluding tert-OH is 1. The average molecular weight is 377 g/mol. The number of hydrogen-bond acceptors (Lipinski definition) is 6. The van der Waals surface area contributed by atoms with Crippen LogP contribution in [-0.2, 0) is 17.8 Å². The van der Waals surface area contributed by atoms with Gasteiger partial charge in [0.25, 0.3) is 0 Å². The molecule has 0 aliphatic carbocycles. The normalized spacial score (nSPS) is 12.6. The van der Waals surface area contributed by atoms with E-state index in [0.717, 1.165) is 11.3 Å². The molecule has 0 spiro atoms. The smallest absolute Gasteiger partial charge is 0.161 e. The molecule has 0 aliphatic rings. The summed E-state index contributed by atoms with van der Waals surface area (Å²) in [5, 5.41) is 10.4.